The van der Waals surface area contributed by atoms with Gasteiger partial charge in [0.15, 0.2) is 0 Å². The number of benzene rings is 1. The Bertz CT molecular complexity index is 1090. The first-order valence-corrected chi connectivity index (χ1v) is 13.0. The number of cyclic esters (lactones) is 1. The molecular formula is C27H36N2O6Si. The summed E-state index contributed by atoms with van der Waals surface area (Å²) >= 11 is 0. The van der Waals surface area contributed by atoms with Gasteiger partial charge in [0.1, 0.15) is 12.6 Å². The average Bonchev–Trinajstić information content (AvgIpc) is 3.23. The predicted molar refractivity (Wildman–Crippen MR) is 137 cm³/mol. The van der Waals surface area contributed by atoms with Crippen LogP contribution in [0.4, 0.5) is 4.79 Å². The van der Waals surface area contributed by atoms with Gasteiger partial charge in [-0.2, -0.15) is 0 Å². The van der Waals surface area contributed by atoms with Crippen LogP contribution in [0, 0.1) is 0 Å². The molecule has 1 fully saturated rings. The number of imide groups is 1. The van der Waals surface area contributed by atoms with Crippen molar-refractivity contribution < 1.29 is 28.6 Å². The number of carbonyl (C=O) groups excluding carboxylic acids is 2. The molecule has 0 bridgehead atoms. The zero-order chi connectivity index (χ0) is 26.7. The monoisotopic (exact) mass is 512 g/mol. The third kappa shape index (κ3) is 5.96. The molecule has 2 amide bonds. The van der Waals surface area contributed by atoms with E-state index in [1.165, 1.54) is 7.11 Å². The maximum Gasteiger partial charge on any atom is 0.417 e. The van der Waals surface area contributed by atoms with E-state index in [2.05, 4.69) is 25.8 Å². The minimum Gasteiger partial charge on any atom is -0.481 e. The van der Waals surface area contributed by atoms with E-state index >= 15 is 0 Å². The highest BCUT2D eigenvalue weighted by Crippen LogP contribution is 2.43. The summed E-state index contributed by atoms with van der Waals surface area (Å²) in [6.45, 7) is 11.9. The number of aliphatic hydroxyl groups is 1. The molecule has 36 heavy (non-hydrogen) atoms. The van der Waals surface area contributed by atoms with Crippen molar-refractivity contribution in [1.29, 1.82) is 0 Å². The highest BCUT2D eigenvalue weighted by molar-refractivity contribution is 6.31. The summed E-state index contributed by atoms with van der Waals surface area (Å²) in [5, 5.41) is 11.9. The Morgan fingerprint density at radius 1 is 1.19 bits per heavy atom. The van der Waals surface area contributed by atoms with Crippen LogP contribution in [-0.4, -0.2) is 50.5 Å². The molecule has 1 aliphatic rings. The molecule has 1 N–H and O–H groups in total. The molecule has 1 aliphatic heterocycles. The maximum atomic E-state index is 13.5. The van der Waals surface area contributed by atoms with E-state index in [0.29, 0.717) is 17.0 Å². The molecule has 8 nitrogen and oxygen atoms in total. The molecule has 1 aromatic carbocycles. The van der Waals surface area contributed by atoms with Gasteiger partial charge in [-0.25, -0.2) is 14.7 Å². The Morgan fingerprint density at radius 2 is 1.86 bits per heavy atom. The summed E-state index contributed by atoms with van der Waals surface area (Å²) in [7, 11) is 1.69. The van der Waals surface area contributed by atoms with Crippen molar-refractivity contribution in [2.75, 3.05) is 13.7 Å². The molecular weight excluding hydrogens is 476 g/mol. The molecule has 2 heterocycles. The van der Waals surface area contributed by atoms with Crippen LogP contribution in [0.25, 0.3) is 0 Å². The van der Waals surface area contributed by atoms with Crippen LogP contribution in [-0.2, 0) is 25.2 Å². The average molecular weight is 513 g/mol. The van der Waals surface area contributed by atoms with E-state index in [9.17, 15) is 14.7 Å². The van der Waals surface area contributed by atoms with Crippen molar-refractivity contribution in [2.45, 2.75) is 76.7 Å². The van der Waals surface area contributed by atoms with Crippen molar-refractivity contribution in [2.24, 2.45) is 0 Å². The van der Waals surface area contributed by atoms with E-state index in [0.717, 1.165) is 10.5 Å². The van der Waals surface area contributed by atoms with Crippen molar-refractivity contribution in [3.63, 3.8) is 0 Å². The van der Waals surface area contributed by atoms with Crippen LogP contribution in [0.3, 0.4) is 0 Å². The van der Waals surface area contributed by atoms with Crippen molar-refractivity contribution in [3.05, 3.63) is 59.3 Å². The minimum absolute atomic E-state index is 0.0630. The van der Waals surface area contributed by atoms with Gasteiger partial charge >= 0.3 is 6.09 Å². The quantitative estimate of drug-likeness (QED) is 0.478. The maximum absolute atomic E-state index is 13.5. The number of hydrogen-bond donors (Lipinski definition) is 1. The van der Waals surface area contributed by atoms with Crippen LogP contribution in [0.5, 0.6) is 5.88 Å². The fourth-order valence-corrected chi connectivity index (χ4v) is 4.93. The predicted octanol–water partition coefficient (Wildman–Crippen LogP) is 4.89. The Labute approximate surface area is 215 Å². The third-order valence-electron chi connectivity index (χ3n) is 6.18. The lowest BCUT2D eigenvalue weighted by Gasteiger charge is -2.37. The molecule has 0 spiro atoms. The number of amides is 2. The molecule has 0 aliphatic carbocycles. The molecule has 9 heteroatoms. The smallest absolute Gasteiger partial charge is 0.417 e. The number of ether oxygens (including phenoxy) is 2. The van der Waals surface area contributed by atoms with Gasteiger partial charge in [0, 0.05) is 6.20 Å². The molecule has 3 rings (SSSR count). The van der Waals surface area contributed by atoms with Gasteiger partial charge in [0.25, 0.3) is 0 Å². The van der Waals surface area contributed by atoms with Crippen molar-refractivity contribution >= 4 is 21.8 Å². The van der Waals surface area contributed by atoms with Gasteiger partial charge in [0.05, 0.1) is 30.3 Å². The highest BCUT2D eigenvalue weighted by atomic mass is 28.2. The van der Waals surface area contributed by atoms with Crippen LogP contribution in [0.15, 0.2) is 42.6 Å². The van der Waals surface area contributed by atoms with Crippen molar-refractivity contribution in [3.8, 4) is 5.88 Å². The zero-order valence-corrected chi connectivity index (χ0v) is 23.1. The zero-order valence-electron chi connectivity index (χ0n) is 22.1. The van der Waals surface area contributed by atoms with Gasteiger partial charge in [-0.05, 0) is 42.5 Å². The number of hydrogen-bond acceptors (Lipinski definition) is 7. The molecule has 1 unspecified atom stereocenters. The molecule has 1 saturated heterocycles. The SMILES string of the molecule is CCC(O)(CC(=O)N1C(=O)OC[C@@H]1c1ccccc1)c1ccnc(OC)c1C(C)(C)O[Si]C(C)(C)C. The molecule has 1 aromatic heterocycles. The Balaban J connectivity index is 1.99. The summed E-state index contributed by atoms with van der Waals surface area (Å²) in [5.74, 6) is -0.203. The topological polar surface area (TPSA) is 98.2 Å². The van der Waals surface area contributed by atoms with Gasteiger partial charge in [-0.1, -0.05) is 58.0 Å². The van der Waals surface area contributed by atoms with E-state index in [1.807, 2.05) is 44.2 Å². The Hall–Kier alpha value is -2.75. The largest absolute Gasteiger partial charge is 0.481 e. The standard InChI is InChI=1S/C27H36N2O6Si/c1-8-27(32,16-21(30)29-20(17-34-24(29)31)18-12-10-9-11-13-18)19-14-15-28-23(33-7)22(19)26(5,6)35-36-25(2,3)4/h9-15,20,32H,8,16-17H2,1-7H3/t20-,27?/m1/s1. The summed E-state index contributed by atoms with van der Waals surface area (Å²) in [6.07, 6.45) is 0.728. The summed E-state index contributed by atoms with van der Waals surface area (Å²) in [5.41, 5.74) is -0.618. The first-order chi connectivity index (χ1) is 16.8. The molecule has 2 radical (unpaired) electrons. The summed E-state index contributed by atoms with van der Waals surface area (Å²) in [4.78, 5) is 31.6. The normalized spacial score (nSPS) is 18.1. The fourth-order valence-electron chi connectivity index (χ4n) is 4.26. The molecule has 2 aromatic rings. The molecule has 0 saturated carbocycles. The highest BCUT2D eigenvalue weighted by Gasteiger charge is 2.45. The third-order valence-corrected chi connectivity index (χ3v) is 7.40. The van der Waals surface area contributed by atoms with Gasteiger partial charge < -0.3 is 19.0 Å². The number of methoxy groups -OCH3 is 1. The van der Waals surface area contributed by atoms with Crippen molar-refractivity contribution in [1.82, 2.24) is 9.88 Å². The van der Waals surface area contributed by atoms with Gasteiger partial charge in [0.2, 0.25) is 21.6 Å². The number of aromatic nitrogens is 1. The first-order valence-electron chi connectivity index (χ1n) is 12.1. The first kappa shape index (κ1) is 27.8. The minimum atomic E-state index is -1.60. The van der Waals surface area contributed by atoms with Gasteiger partial charge in [-0.15, -0.1) is 0 Å². The summed E-state index contributed by atoms with van der Waals surface area (Å²) in [6, 6.07) is 10.4. The number of pyridine rings is 1. The second kappa shape index (κ2) is 10.7. The van der Waals surface area contributed by atoms with Crippen LogP contribution < -0.4 is 4.74 Å². The lowest BCUT2D eigenvalue weighted by atomic mass is 9.80. The van der Waals surface area contributed by atoms with E-state index in [4.69, 9.17) is 13.9 Å². The second-order valence-electron chi connectivity index (χ2n) is 10.5. The van der Waals surface area contributed by atoms with E-state index in [1.54, 1.807) is 19.2 Å². The fraction of sp³-hybridized carbons (Fsp3) is 0.519. The number of carbonyl (C=O) groups is 2. The second-order valence-corrected chi connectivity index (χ2v) is 12.4. The van der Waals surface area contributed by atoms with E-state index < -0.39 is 29.2 Å². The van der Waals surface area contributed by atoms with E-state index in [-0.39, 0.29) is 34.2 Å². The van der Waals surface area contributed by atoms with Gasteiger partial charge in [-0.3, -0.25) is 4.79 Å². The Morgan fingerprint density at radius 3 is 2.44 bits per heavy atom. The lowest BCUT2D eigenvalue weighted by Crippen LogP contribution is -2.41. The van der Waals surface area contributed by atoms with Crippen LogP contribution in [0.1, 0.15) is 77.1 Å². The number of nitrogens with zero attached hydrogens (tertiary/aromatic N) is 2. The summed E-state index contributed by atoms with van der Waals surface area (Å²) < 4.78 is 17.1. The Kier molecular flexibility index (Phi) is 8.27. The molecule has 194 valence electrons. The van der Waals surface area contributed by atoms with Crippen LogP contribution in [0.2, 0.25) is 5.04 Å². The lowest BCUT2D eigenvalue weighted by molar-refractivity contribution is -0.135. The van der Waals surface area contributed by atoms with Crippen LogP contribution >= 0.6 is 0 Å². The number of rotatable bonds is 9. The molecule has 2 atom stereocenters.